The highest BCUT2D eigenvalue weighted by Gasteiger charge is 2.13. The molecule has 1 amide bonds. The summed E-state index contributed by atoms with van der Waals surface area (Å²) in [7, 11) is 0. The molecule has 1 aliphatic heterocycles. The molecule has 1 aromatic carbocycles. The zero-order chi connectivity index (χ0) is 13.9. The number of amides is 1. The average molecular weight is 340 g/mol. The molecule has 0 bridgehead atoms. The van der Waals surface area contributed by atoms with Crippen molar-refractivity contribution in [3.05, 3.63) is 64.5 Å². The van der Waals surface area contributed by atoms with Crippen molar-refractivity contribution in [1.82, 2.24) is 15.6 Å². The highest BCUT2D eigenvalue weighted by molar-refractivity contribution is 5.94. The van der Waals surface area contributed by atoms with Crippen LogP contribution in [0.25, 0.3) is 0 Å². The summed E-state index contributed by atoms with van der Waals surface area (Å²) in [5.41, 5.74) is 5.20. The van der Waals surface area contributed by atoms with Gasteiger partial charge >= 0.3 is 0 Å². The third-order valence-electron chi connectivity index (χ3n) is 3.53. The lowest BCUT2D eigenvalue weighted by Crippen LogP contribution is -2.23. The number of hydrogen-bond donors (Lipinski definition) is 2. The number of nitrogens with zero attached hydrogens (tertiary/aromatic N) is 1. The summed E-state index contributed by atoms with van der Waals surface area (Å²) in [4.78, 5) is 16.4. The van der Waals surface area contributed by atoms with E-state index in [4.69, 9.17) is 0 Å². The lowest BCUT2D eigenvalue weighted by molar-refractivity contribution is 0.0951. The van der Waals surface area contributed by atoms with Crippen LogP contribution in [-0.2, 0) is 19.6 Å². The molecule has 0 fully saturated rings. The Bertz CT molecular complexity index is 644. The fourth-order valence-corrected chi connectivity index (χ4v) is 2.32. The predicted octanol–water partition coefficient (Wildman–Crippen LogP) is 2.77. The van der Waals surface area contributed by atoms with Crippen LogP contribution in [0, 0.1) is 6.92 Å². The second kappa shape index (κ2) is 8.13. The predicted molar refractivity (Wildman–Crippen MR) is 91.6 cm³/mol. The first-order valence-electron chi connectivity index (χ1n) is 6.74. The fraction of sp³-hybridized carbons (Fsp3) is 0.250. The van der Waals surface area contributed by atoms with Gasteiger partial charge in [-0.25, -0.2) is 0 Å². The molecule has 0 atom stereocenters. The van der Waals surface area contributed by atoms with Gasteiger partial charge in [-0.05, 0) is 41.8 Å². The molecule has 2 N–H and O–H groups in total. The van der Waals surface area contributed by atoms with Crippen molar-refractivity contribution in [2.24, 2.45) is 0 Å². The zero-order valence-corrected chi connectivity index (χ0v) is 13.9. The molecule has 2 aromatic rings. The van der Waals surface area contributed by atoms with Crippen LogP contribution < -0.4 is 10.6 Å². The number of carbonyl (C=O) groups is 1. The van der Waals surface area contributed by atoms with E-state index in [0.29, 0.717) is 12.1 Å². The topological polar surface area (TPSA) is 54.0 Å². The molecular weight excluding hydrogens is 321 g/mol. The molecule has 6 heteroatoms. The maximum Gasteiger partial charge on any atom is 0.251 e. The molecule has 1 aliphatic rings. The maximum absolute atomic E-state index is 12.1. The lowest BCUT2D eigenvalue weighted by atomic mass is 10.1. The molecule has 118 valence electrons. The number of nitrogens with one attached hydrogen (secondary N) is 2. The van der Waals surface area contributed by atoms with Gasteiger partial charge in [-0.15, -0.1) is 24.8 Å². The summed E-state index contributed by atoms with van der Waals surface area (Å²) in [5.74, 6) is -0.0414. The molecular formula is C16H19Cl2N3O. The molecule has 22 heavy (non-hydrogen) atoms. The fourth-order valence-electron chi connectivity index (χ4n) is 2.32. The molecule has 0 saturated heterocycles. The van der Waals surface area contributed by atoms with Gasteiger partial charge in [-0.1, -0.05) is 12.1 Å². The minimum absolute atomic E-state index is 0. The van der Waals surface area contributed by atoms with Crippen molar-refractivity contribution in [2.45, 2.75) is 26.6 Å². The zero-order valence-electron chi connectivity index (χ0n) is 12.3. The Morgan fingerprint density at radius 3 is 2.68 bits per heavy atom. The van der Waals surface area contributed by atoms with Gasteiger partial charge in [-0.3, -0.25) is 9.78 Å². The summed E-state index contributed by atoms with van der Waals surface area (Å²) in [5, 5.41) is 6.20. The number of fused-ring (bicyclic) bond motifs is 1. The van der Waals surface area contributed by atoms with Gasteiger partial charge in [0.25, 0.3) is 5.91 Å². The van der Waals surface area contributed by atoms with E-state index in [-0.39, 0.29) is 30.7 Å². The number of carbonyl (C=O) groups excluding carboxylic acids is 1. The quantitative estimate of drug-likeness (QED) is 0.903. The average Bonchev–Trinajstić information content (AvgIpc) is 2.93. The highest BCUT2D eigenvalue weighted by Crippen LogP contribution is 2.17. The van der Waals surface area contributed by atoms with Gasteiger partial charge in [0.1, 0.15) is 0 Å². The second-order valence-electron chi connectivity index (χ2n) is 5.08. The molecule has 3 rings (SSSR count). The Balaban J connectivity index is 0.00000121. The Morgan fingerprint density at radius 1 is 1.18 bits per heavy atom. The standard InChI is InChI=1S/C16H17N3O.2ClH/c1-11-2-3-12(7-18-11)8-19-16(20)13-4-5-14-9-17-10-15(14)6-13;;/h2-7,17H,8-10H2,1H3,(H,19,20);2*1H. The molecule has 0 saturated carbocycles. The van der Waals surface area contributed by atoms with Gasteiger partial charge < -0.3 is 10.6 Å². The van der Waals surface area contributed by atoms with E-state index in [0.717, 1.165) is 24.3 Å². The maximum atomic E-state index is 12.1. The van der Waals surface area contributed by atoms with Crippen LogP contribution >= 0.6 is 24.8 Å². The summed E-state index contributed by atoms with van der Waals surface area (Å²) < 4.78 is 0. The van der Waals surface area contributed by atoms with Crippen molar-refractivity contribution in [3.63, 3.8) is 0 Å². The van der Waals surface area contributed by atoms with Crippen LogP contribution in [0.1, 0.15) is 32.7 Å². The number of aromatic nitrogens is 1. The first kappa shape index (κ1) is 18.4. The van der Waals surface area contributed by atoms with Crippen molar-refractivity contribution >= 4 is 30.7 Å². The highest BCUT2D eigenvalue weighted by atomic mass is 35.5. The van der Waals surface area contributed by atoms with Crippen LogP contribution in [0.5, 0.6) is 0 Å². The van der Waals surface area contributed by atoms with E-state index in [2.05, 4.69) is 15.6 Å². The van der Waals surface area contributed by atoms with Crippen LogP contribution in [0.3, 0.4) is 0 Å². The summed E-state index contributed by atoms with van der Waals surface area (Å²) >= 11 is 0. The van der Waals surface area contributed by atoms with Crippen molar-refractivity contribution in [1.29, 1.82) is 0 Å². The van der Waals surface area contributed by atoms with Gasteiger partial charge in [-0.2, -0.15) is 0 Å². The van der Waals surface area contributed by atoms with E-state index in [1.807, 2.05) is 37.3 Å². The number of pyridine rings is 1. The second-order valence-corrected chi connectivity index (χ2v) is 5.08. The van der Waals surface area contributed by atoms with Gasteiger partial charge in [0.05, 0.1) is 0 Å². The largest absolute Gasteiger partial charge is 0.348 e. The summed E-state index contributed by atoms with van der Waals surface area (Å²) in [6.07, 6.45) is 1.79. The minimum atomic E-state index is -0.0414. The normalized spacial score (nSPS) is 11.9. The van der Waals surface area contributed by atoms with Crippen molar-refractivity contribution in [3.8, 4) is 0 Å². The van der Waals surface area contributed by atoms with Gasteiger partial charge in [0.2, 0.25) is 0 Å². The Kier molecular flexibility index (Phi) is 6.81. The molecule has 0 spiro atoms. The monoisotopic (exact) mass is 339 g/mol. The van der Waals surface area contributed by atoms with E-state index in [1.54, 1.807) is 6.20 Å². The first-order valence-corrected chi connectivity index (χ1v) is 6.74. The number of halogens is 2. The van der Waals surface area contributed by atoms with Crippen LogP contribution in [0.4, 0.5) is 0 Å². The lowest BCUT2D eigenvalue weighted by Gasteiger charge is -2.07. The third-order valence-corrected chi connectivity index (χ3v) is 3.53. The minimum Gasteiger partial charge on any atom is -0.348 e. The summed E-state index contributed by atoms with van der Waals surface area (Å²) in [6.45, 7) is 4.19. The Morgan fingerprint density at radius 2 is 1.95 bits per heavy atom. The molecule has 2 heterocycles. The van der Waals surface area contributed by atoms with Crippen LogP contribution in [0.2, 0.25) is 0 Å². The Hall–Kier alpha value is -1.62. The van der Waals surface area contributed by atoms with Crippen molar-refractivity contribution < 1.29 is 4.79 Å². The Labute approximate surface area is 142 Å². The van der Waals surface area contributed by atoms with Crippen LogP contribution in [0.15, 0.2) is 36.5 Å². The van der Waals surface area contributed by atoms with Crippen LogP contribution in [-0.4, -0.2) is 10.9 Å². The van der Waals surface area contributed by atoms with E-state index in [1.165, 1.54) is 11.1 Å². The van der Waals surface area contributed by atoms with E-state index in [9.17, 15) is 4.79 Å². The number of rotatable bonds is 3. The number of hydrogen-bond acceptors (Lipinski definition) is 3. The molecule has 0 unspecified atom stereocenters. The van der Waals surface area contributed by atoms with Gasteiger partial charge in [0, 0.05) is 37.1 Å². The smallest absolute Gasteiger partial charge is 0.251 e. The first-order chi connectivity index (χ1) is 9.72. The molecule has 0 radical (unpaired) electrons. The number of aryl methyl sites for hydroxylation is 1. The van der Waals surface area contributed by atoms with Crippen molar-refractivity contribution in [2.75, 3.05) is 0 Å². The van der Waals surface area contributed by atoms with E-state index < -0.39 is 0 Å². The molecule has 1 aromatic heterocycles. The molecule has 0 aliphatic carbocycles. The van der Waals surface area contributed by atoms with E-state index >= 15 is 0 Å². The summed E-state index contributed by atoms with van der Waals surface area (Å²) in [6, 6.07) is 9.81. The SMILES string of the molecule is Cc1ccc(CNC(=O)c2ccc3c(c2)CNC3)cn1.Cl.Cl. The van der Waals surface area contributed by atoms with Gasteiger partial charge in [0.15, 0.2) is 0 Å². The molecule has 4 nitrogen and oxygen atoms in total. The number of benzene rings is 1. The third kappa shape index (κ3) is 4.19.